The molecule has 1 aliphatic heterocycles. The van der Waals surface area contributed by atoms with E-state index < -0.39 is 16.1 Å². The number of hydrogen-bond acceptors (Lipinski definition) is 3. The van der Waals surface area contributed by atoms with Gasteiger partial charge in [-0.3, -0.25) is 4.90 Å². The predicted molar refractivity (Wildman–Crippen MR) is 60.8 cm³/mol. The van der Waals surface area contributed by atoms with Gasteiger partial charge in [-0.25, -0.2) is 22.3 Å². The van der Waals surface area contributed by atoms with Crippen LogP contribution < -0.4 is 9.62 Å². The van der Waals surface area contributed by atoms with Gasteiger partial charge in [-0.1, -0.05) is 0 Å². The number of rotatable bonds is 1. The van der Waals surface area contributed by atoms with Gasteiger partial charge >= 0.3 is 6.03 Å². The van der Waals surface area contributed by atoms with Crippen molar-refractivity contribution in [1.29, 1.82) is 0 Å². The summed E-state index contributed by atoms with van der Waals surface area (Å²) in [5.74, 6) is -0.367. The van der Waals surface area contributed by atoms with Crippen molar-refractivity contribution in [2.75, 3.05) is 17.7 Å². The van der Waals surface area contributed by atoms with Gasteiger partial charge in [-0.15, -0.1) is 0 Å². The molecule has 92 valence electrons. The largest absolute Gasteiger partial charge is 0.335 e. The lowest BCUT2D eigenvalue weighted by Crippen LogP contribution is -2.41. The maximum absolute atomic E-state index is 12.9. The number of sulfonamides is 1. The second-order valence-electron chi connectivity index (χ2n) is 3.85. The van der Waals surface area contributed by atoms with Gasteiger partial charge in [0.2, 0.25) is 10.0 Å². The van der Waals surface area contributed by atoms with Crippen LogP contribution in [0.25, 0.3) is 0 Å². The van der Waals surface area contributed by atoms with Crippen molar-refractivity contribution in [3.8, 4) is 0 Å². The average molecular weight is 258 g/mol. The quantitative estimate of drug-likeness (QED) is 0.812. The fraction of sp³-hybridized carbons (Fsp3) is 0.300. The summed E-state index contributed by atoms with van der Waals surface area (Å²) in [5, 5.41) is 0. The highest BCUT2D eigenvalue weighted by Gasteiger charge is 2.26. The first kappa shape index (κ1) is 11.8. The molecule has 2 rings (SSSR count). The molecular formula is C10H11FN2O3S. The van der Waals surface area contributed by atoms with Crippen molar-refractivity contribution < 1.29 is 17.6 Å². The van der Waals surface area contributed by atoms with Gasteiger partial charge < -0.3 is 0 Å². The number of benzene rings is 1. The van der Waals surface area contributed by atoms with E-state index in [1.54, 1.807) is 0 Å². The number of urea groups is 1. The summed E-state index contributed by atoms with van der Waals surface area (Å²) in [6, 6.07) is 3.35. The van der Waals surface area contributed by atoms with E-state index in [2.05, 4.69) is 0 Å². The summed E-state index contributed by atoms with van der Waals surface area (Å²) < 4.78 is 36.7. The fourth-order valence-corrected chi connectivity index (χ4v) is 2.22. The molecule has 0 unspecified atom stereocenters. The fourth-order valence-electron chi connectivity index (χ4n) is 1.79. The molecule has 0 aliphatic carbocycles. The van der Waals surface area contributed by atoms with E-state index >= 15 is 0 Å². The number of amides is 2. The van der Waals surface area contributed by atoms with Crippen LogP contribution in [-0.4, -0.2) is 27.2 Å². The second-order valence-corrected chi connectivity index (χ2v) is 5.60. The van der Waals surface area contributed by atoms with Gasteiger partial charge in [0.1, 0.15) is 5.82 Å². The first-order valence-corrected chi connectivity index (χ1v) is 6.84. The smallest absolute Gasteiger partial charge is 0.293 e. The molecule has 1 N–H and O–H groups in total. The summed E-state index contributed by atoms with van der Waals surface area (Å²) in [6.45, 7) is 0.347. The molecule has 7 heteroatoms. The Morgan fingerprint density at radius 2 is 2.18 bits per heavy atom. The Morgan fingerprint density at radius 3 is 2.82 bits per heavy atom. The van der Waals surface area contributed by atoms with Crippen molar-refractivity contribution in [1.82, 2.24) is 4.72 Å². The van der Waals surface area contributed by atoms with E-state index in [-0.39, 0.29) is 5.82 Å². The van der Waals surface area contributed by atoms with Crippen molar-refractivity contribution in [3.63, 3.8) is 0 Å². The van der Waals surface area contributed by atoms with E-state index in [9.17, 15) is 17.6 Å². The van der Waals surface area contributed by atoms with Crippen LogP contribution in [-0.2, 0) is 16.4 Å². The Hall–Kier alpha value is -1.63. The topological polar surface area (TPSA) is 66.5 Å². The zero-order valence-corrected chi connectivity index (χ0v) is 9.92. The van der Waals surface area contributed by atoms with E-state index in [4.69, 9.17) is 0 Å². The van der Waals surface area contributed by atoms with Crippen LogP contribution in [0.4, 0.5) is 14.9 Å². The number of nitrogens with one attached hydrogen (secondary N) is 1. The van der Waals surface area contributed by atoms with Crippen LogP contribution in [0.15, 0.2) is 18.2 Å². The second kappa shape index (κ2) is 3.99. The molecular weight excluding hydrogens is 247 g/mol. The highest BCUT2D eigenvalue weighted by molar-refractivity contribution is 7.89. The van der Waals surface area contributed by atoms with Crippen molar-refractivity contribution in [3.05, 3.63) is 29.6 Å². The van der Waals surface area contributed by atoms with Crippen molar-refractivity contribution in [2.24, 2.45) is 0 Å². The van der Waals surface area contributed by atoms with Gasteiger partial charge in [0.05, 0.1) is 6.26 Å². The van der Waals surface area contributed by atoms with Crippen LogP contribution >= 0.6 is 0 Å². The molecule has 0 saturated carbocycles. The molecule has 0 bridgehead atoms. The normalized spacial score (nSPS) is 14.6. The SMILES string of the molecule is CS(=O)(=O)NC(=O)N1CCc2cc(F)ccc21. The first-order valence-electron chi connectivity index (χ1n) is 4.94. The van der Waals surface area contributed by atoms with E-state index in [0.717, 1.165) is 6.26 Å². The zero-order valence-electron chi connectivity index (χ0n) is 9.10. The van der Waals surface area contributed by atoms with E-state index in [0.29, 0.717) is 24.2 Å². The van der Waals surface area contributed by atoms with Crippen LogP contribution in [0.5, 0.6) is 0 Å². The minimum absolute atomic E-state index is 0.347. The summed E-state index contributed by atoms with van der Waals surface area (Å²) in [4.78, 5) is 12.9. The Morgan fingerprint density at radius 1 is 1.47 bits per heavy atom. The van der Waals surface area contributed by atoms with Crippen LogP contribution in [0.2, 0.25) is 0 Å². The lowest BCUT2D eigenvalue weighted by molar-refractivity contribution is 0.251. The summed E-state index contributed by atoms with van der Waals surface area (Å²) in [6.07, 6.45) is 1.43. The third-order valence-corrected chi connectivity index (χ3v) is 3.00. The molecule has 2 amide bonds. The summed E-state index contributed by atoms with van der Waals surface area (Å²) in [7, 11) is -3.59. The van der Waals surface area contributed by atoms with Crippen molar-refractivity contribution in [2.45, 2.75) is 6.42 Å². The third kappa shape index (κ3) is 2.55. The maximum atomic E-state index is 12.9. The zero-order chi connectivity index (χ0) is 12.6. The molecule has 1 heterocycles. The monoisotopic (exact) mass is 258 g/mol. The Kier molecular flexibility index (Phi) is 2.78. The van der Waals surface area contributed by atoms with Gasteiger partial charge in [0.25, 0.3) is 0 Å². The predicted octanol–water partition coefficient (Wildman–Crippen LogP) is 0.857. The van der Waals surface area contributed by atoms with Gasteiger partial charge in [0.15, 0.2) is 0 Å². The van der Waals surface area contributed by atoms with Crippen molar-refractivity contribution >= 4 is 21.7 Å². The Bertz CT molecular complexity index is 571. The number of nitrogens with zero attached hydrogens (tertiary/aromatic N) is 1. The minimum atomic E-state index is -3.59. The molecule has 0 aromatic heterocycles. The Labute approximate surface area is 98.3 Å². The molecule has 0 radical (unpaired) electrons. The summed E-state index contributed by atoms with van der Waals surface area (Å²) in [5.41, 5.74) is 1.25. The lowest BCUT2D eigenvalue weighted by Gasteiger charge is -2.17. The van der Waals surface area contributed by atoms with Gasteiger partial charge in [0, 0.05) is 12.2 Å². The number of carbonyl (C=O) groups is 1. The summed E-state index contributed by atoms with van der Waals surface area (Å²) >= 11 is 0. The lowest BCUT2D eigenvalue weighted by atomic mass is 10.2. The van der Waals surface area contributed by atoms with E-state index in [1.165, 1.54) is 23.1 Å². The number of anilines is 1. The number of carbonyl (C=O) groups excluding carboxylic acids is 1. The third-order valence-electron chi connectivity index (χ3n) is 2.45. The van der Waals surface area contributed by atoms with Gasteiger partial charge in [-0.05, 0) is 30.2 Å². The highest BCUT2D eigenvalue weighted by Crippen LogP contribution is 2.28. The standard InChI is InChI=1S/C10H11FN2O3S/c1-17(15,16)12-10(14)13-5-4-7-6-8(11)2-3-9(7)13/h2-3,6H,4-5H2,1H3,(H,12,14). The van der Waals surface area contributed by atoms with E-state index in [1.807, 2.05) is 4.72 Å². The molecule has 0 saturated heterocycles. The average Bonchev–Trinajstić information content (AvgIpc) is 2.57. The molecule has 1 aromatic carbocycles. The Balaban J connectivity index is 2.25. The molecule has 0 atom stereocenters. The van der Waals surface area contributed by atoms with Crippen LogP contribution in [0.1, 0.15) is 5.56 Å². The van der Waals surface area contributed by atoms with Crippen LogP contribution in [0, 0.1) is 5.82 Å². The van der Waals surface area contributed by atoms with Gasteiger partial charge in [-0.2, -0.15) is 0 Å². The number of hydrogen-bond donors (Lipinski definition) is 1. The highest BCUT2D eigenvalue weighted by atomic mass is 32.2. The first-order chi connectivity index (χ1) is 7.87. The molecule has 5 nitrogen and oxygen atoms in total. The molecule has 1 aliphatic rings. The minimum Gasteiger partial charge on any atom is -0.293 e. The number of fused-ring (bicyclic) bond motifs is 1. The molecule has 0 fully saturated rings. The molecule has 1 aromatic rings. The maximum Gasteiger partial charge on any atom is 0.335 e. The number of halogens is 1. The van der Waals surface area contributed by atoms with Crippen LogP contribution in [0.3, 0.4) is 0 Å². The molecule has 17 heavy (non-hydrogen) atoms. The molecule has 0 spiro atoms.